The maximum Gasteiger partial charge on any atom is 0.274 e. The number of hydrogen-bond donors (Lipinski definition) is 0. The molecule has 0 fully saturated rings. The molecular weight excluding hydrogens is 418 g/mol. The van der Waals surface area contributed by atoms with Crippen LogP contribution in [0.5, 0.6) is 0 Å². The summed E-state index contributed by atoms with van der Waals surface area (Å²) in [6.45, 7) is 5.45. The Morgan fingerprint density at radius 3 is 2.58 bits per heavy atom. The van der Waals surface area contributed by atoms with Gasteiger partial charge in [-0.05, 0) is 31.5 Å². The second-order valence-corrected chi connectivity index (χ2v) is 7.74. The molecule has 2 aromatic heterocycles. The fourth-order valence-electron chi connectivity index (χ4n) is 3.31. The van der Waals surface area contributed by atoms with Crippen molar-refractivity contribution >= 4 is 17.5 Å². The Bertz CT molecular complexity index is 1140. The van der Waals surface area contributed by atoms with Crippen molar-refractivity contribution in [1.82, 2.24) is 24.5 Å². The zero-order valence-corrected chi connectivity index (χ0v) is 18.9. The number of aryl methyl sites for hydroxylation is 1. The van der Waals surface area contributed by atoms with E-state index in [0.717, 1.165) is 22.5 Å². The summed E-state index contributed by atoms with van der Waals surface area (Å²) in [5.41, 5.74) is 3.70. The van der Waals surface area contributed by atoms with Crippen LogP contribution in [0.15, 0.2) is 41.2 Å². The van der Waals surface area contributed by atoms with Crippen LogP contribution in [0.25, 0.3) is 0 Å². The molecule has 0 aliphatic carbocycles. The van der Waals surface area contributed by atoms with Gasteiger partial charge in [0, 0.05) is 43.0 Å². The summed E-state index contributed by atoms with van der Waals surface area (Å²) >= 11 is 6.29. The predicted molar refractivity (Wildman–Crippen MR) is 118 cm³/mol. The van der Waals surface area contributed by atoms with E-state index in [1.807, 2.05) is 42.8 Å². The number of benzene rings is 1. The third-order valence-electron chi connectivity index (χ3n) is 5.14. The minimum absolute atomic E-state index is 0.206. The molecule has 0 aliphatic rings. The molecule has 8 nitrogen and oxygen atoms in total. The van der Waals surface area contributed by atoms with Gasteiger partial charge in [-0.3, -0.25) is 14.3 Å². The van der Waals surface area contributed by atoms with Crippen LogP contribution < -0.4 is 5.56 Å². The number of nitrogens with zero attached hydrogens (tertiary/aromatic N) is 5. The summed E-state index contributed by atoms with van der Waals surface area (Å²) in [5.74, 6) is -0.274. The molecule has 0 unspecified atom stereocenters. The standard InChI is InChI=1S/C22H26ClN5O3/c1-15-18(16(2)28(24-15)13-17-7-5-6-8-19(17)23)14-26(3)22(30)20-9-10-21(29)27(25-20)11-12-31-4/h5-10H,11-14H2,1-4H3. The highest BCUT2D eigenvalue weighted by atomic mass is 35.5. The van der Waals surface area contributed by atoms with Gasteiger partial charge in [0.25, 0.3) is 11.5 Å². The van der Waals surface area contributed by atoms with E-state index in [0.29, 0.717) is 24.7 Å². The highest BCUT2D eigenvalue weighted by molar-refractivity contribution is 6.31. The van der Waals surface area contributed by atoms with E-state index in [4.69, 9.17) is 16.3 Å². The molecule has 0 radical (unpaired) electrons. The normalized spacial score (nSPS) is 11.0. The van der Waals surface area contributed by atoms with Crippen molar-refractivity contribution in [2.24, 2.45) is 0 Å². The average Bonchev–Trinajstić information content (AvgIpc) is 3.01. The number of aromatic nitrogens is 4. The SMILES string of the molecule is COCCn1nc(C(=O)N(C)Cc2c(C)nn(Cc3ccccc3Cl)c2C)ccc1=O. The smallest absolute Gasteiger partial charge is 0.274 e. The van der Waals surface area contributed by atoms with Gasteiger partial charge in [-0.15, -0.1) is 0 Å². The molecule has 2 heterocycles. The van der Waals surface area contributed by atoms with Crippen LogP contribution in [0.1, 0.15) is 33.0 Å². The molecule has 0 atom stereocenters. The molecule has 0 N–H and O–H groups in total. The first-order valence-corrected chi connectivity index (χ1v) is 10.3. The summed E-state index contributed by atoms with van der Waals surface area (Å²) in [6, 6.07) is 10.5. The van der Waals surface area contributed by atoms with Crippen molar-refractivity contribution in [3.63, 3.8) is 0 Å². The minimum atomic E-state index is -0.274. The topological polar surface area (TPSA) is 82.2 Å². The number of amides is 1. The maximum absolute atomic E-state index is 12.9. The van der Waals surface area contributed by atoms with Gasteiger partial charge in [-0.2, -0.15) is 10.2 Å². The lowest BCUT2D eigenvalue weighted by Gasteiger charge is -2.17. The first-order chi connectivity index (χ1) is 14.8. The molecule has 3 aromatic rings. The number of carbonyl (C=O) groups excluding carboxylic acids is 1. The van der Waals surface area contributed by atoms with E-state index in [1.54, 1.807) is 19.1 Å². The third-order valence-corrected chi connectivity index (χ3v) is 5.51. The van der Waals surface area contributed by atoms with E-state index in [1.165, 1.54) is 16.8 Å². The summed E-state index contributed by atoms with van der Waals surface area (Å²) < 4.78 is 8.13. The number of methoxy groups -OCH3 is 1. The first-order valence-electron chi connectivity index (χ1n) is 9.90. The van der Waals surface area contributed by atoms with Crippen LogP contribution in [-0.4, -0.2) is 51.1 Å². The van der Waals surface area contributed by atoms with Crippen LogP contribution in [0, 0.1) is 13.8 Å². The van der Waals surface area contributed by atoms with Crippen LogP contribution >= 0.6 is 11.6 Å². The molecule has 0 saturated carbocycles. The molecule has 31 heavy (non-hydrogen) atoms. The van der Waals surface area contributed by atoms with Gasteiger partial charge in [0.2, 0.25) is 0 Å². The lowest BCUT2D eigenvalue weighted by molar-refractivity contribution is 0.0775. The van der Waals surface area contributed by atoms with E-state index >= 15 is 0 Å². The van der Waals surface area contributed by atoms with Gasteiger partial charge in [-0.1, -0.05) is 29.8 Å². The summed E-state index contributed by atoms with van der Waals surface area (Å²) in [7, 11) is 3.25. The van der Waals surface area contributed by atoms with Crippen molar-refractivity contribution in [3.8, 4) is 0 Å². The molecule has 3 rings (SSSR count). The van der Waals surface area contributed by atoms with Crippen molar-refractivity contribution in [2.75, 3.05) is 20.8 Å². The molecule has 0 aliphatic heterocycles. The zero-order valence-electron chi connectivity index (χ0n) is 18.1. The summed E-state index contributed by atoms with van der Waals surface area (Å²) in [5, 5.41) is 9.51. The van der Waals surface area contributed by atoms with Crippen molar-refractivity contribution in [2.45, 2.75) is 33.5 Å². The molecule has 9 heteroatoms. The van der Waals surface area contributed by atoms with Gasteiger partial charge in [0.1, 0.15) is 5.69 Å². The molecular formula is C22H26ClN5O3. The fourth-order valence-corrected chi connectivity index (χ4v) is 3.51. The van der Waals surface area contributed by atoms with Crippen LogP contribution in [-0.2, 0) is 24.4 Å². The Hall–Kier alpha value is -2.97. The number of carbonyl (C=O) groups is 1. The van der Waals surface area contributed by atoms with E-state index in [2.05, 4.69) is 10.2 Å². The largest absolute Gasteiger partial charge is 0.383 e. The Morgan fingerprint density at radius 2 is 1.87 bits per heavy atom. The summed E-state index contributed by atoms with van der Waals surface area (Å²) in [4.78, 5) is 26.4. The molecule has 0 spiro atoms. The van der Waals surface area contributed by atoms with Gasteiger partial charge in [0.05, 0.1) is 25.4 Å². The quantitative estimate of drug-likeness (QED) is 0.534. The Morgan fingerprint density at radius 1 is 1.13 bits per heavy atom. The van der Waals surface area contributed by atoms with Gasteiger partial charge in [-0.25, -0.2) is 4.68 Å². The lowest BCUT2D eigenvalue weighted by atomic mass is 10.1. The monoisotopic (exact) mass is 443 g/mol. The molecule has 0 bridgehead atoms. The second kappa shape index (κ2) is 9.89. The first kappa shape index (κ1) is 22.7. The fraction of sp³-hybridized carbons (Fsp3) is 0.364. The van der Waals surface area contributed by atoms with Crippen molar-refractivity contribution in [1.29, 1.82) is 0 Å². The molecule has 1 aromatic carbocycles. The maximum atomic E-state index is 12.9. The van der Waals surface area contributed by atoms with Gasteiger partial charge < -0.3 is 9.64 Å². The Kier molecular flexibility index (Phi) is 7.25. The average molecular weight is 444 g/mol. The lowest BCUT2D eigenvalue weighted by Crippen LogP contribution is -2.31. The Labute approximate surface area is 186 Å². The third kappa shape index (κ3) is 5.21. The van der Waals surface area contributed by atoms with E-state index < -0.39 is 0 Å². The van der Waals surface area contributed by atoms with Gasteiger partial charge >= 0.3 is 0 Å². The molecule has 0 saturated heterocycles. The second-order valence-electron chi connectivity index (χ2n) is 7.33. The number of halogens is 1. The number of ether oxygens (including phenoxy) is 1. The van der Waals surface area contributed by atoms with Crippen LogP contribution in [0.3, 0.4) is 0 Å². The highest BCUT2D eigenvalue weighted by Gasteiger charge is 2.19. The van der Waals surface area contributed by atoms with Crippen LogP contribution in [0.2, 0.25) is 5.02 Å². The van der Waals surface area contributed by atoms with E-state index in [9.17, 15) is 9.59 Å². The Balaban J connectivity index is 1.78. The minimum Gasteiger partial charge on any atom is -0.383 e. The van der Waals surface area contributed by atoms with Crippen molar-refractivity contribution in [3.05, 3.63) is 80.0 Å². The highest BCUT2D eigenvalue weighted by Crippen LogP contribution is 2.20. The zero-order chi connectivity index (χ0) is 22.5. The summed E-state index contributed by atoms with van der Waals surface area (Å²) in [6.07, 6.45) is 0. The molecule has 1 amide bonds. The van der Waals surface area contributed by atoms with E-state index in [-0.39, 0.29) is 23.7 Å². The number of hydrogen-bond acceptors (Lipinski definition) is 5. The van der Waals surface area contributed by atoms with Crippen molar-refractivity contribution < 1.29 is 9.53 Å². The van der Waals surface area contributed by atoms with Gasteiger partial charge in [0.15, 0.2) is 0 Å². The van der Waals surface area contributed by atoms with Crippen LogP contribution in [0.4, 0.5) is 0 Å². The predicted octanol–water partition coefficient (Wildman–Crippen LogP) is 2.68. The number of rotatable bonds is 8. The molecule has 164 valence electrons.